The fraction of sp³-hybridized carbons (Fsp3) is 0.0714. The van der Waals surface area contributed by atoms with E-state index in [1.54, 1.807) is 0 Å². The molecule has 0 aliphatic carbocycles. The second kappa shape index (κ2) is 19.4. The maximum absolute atomic E-state index is 2.60. The molecule has 0 amide bonds. The minimum Gasteiger partial charge on any atom is -0.309 e. The van der Waals surface area contributed by atoms with E-state index in [1.165, 1.54) is 126 Å². The van der Waals surface area contributed by atoms with Crippen LogP contribution in [0.5, 0.6) is 0 Å². The van der Waals surface area contributed by atoms with Gasteiger partial charge in [-0.15, -0.1) is 0 Å². The maximum Gasteiger partial charge on any atom is 0.0544 e. The molecule has 0 unspecified atom stereocenters. The Balaban J connectivity index is 0.850. The predicted molar refractivity (Wildman–Crippen MR) is 371 cm³/mol. The second-order valence-corrected chi connectivity index (χ2v) is 24.8. The van der Waals surface area contributed by atoms with Gasteiger partial charge in [0.2, 0.25) is 0 Å². The minimum absolute atomic E-state index is 0.303. The van der Waals surface area contributed by atoms with E-state index in [2.05, 4.69) is 340 Å². The summed E-state index contributed by atoms with van der Waals surface area (Å²) in [7, 11) is 0. The normalized spacial score (nSPS) is 13.7. The molecule has 0 bridgehead atoms. The standard InChI is InChI=1S/C84H61N3/c1-83(2)70-39-17-18-40-80(70)87-81-48-45-58(60-46-49-78(68-37-15-13-35-66(60)68)85(74-41-19-27-54-23-5-9-31-62(54)74)75-42-20-28-55-24-6-10-32-63(55)75)51-71(81)84(3,4)73-53-59(52-72(83)82(73)87)61-47-50-79(69-38-16-14-36-67(61)69)86(76-43-21-29-56-25-7-11-33-64(56)76)77-44-22-30-57-26-8-12-34-65(57)77/h5-53H,1-4H3. The number of para-hydroxylation sites is 1. The molecule has 2 heterocycles. The molecule has 0 atom stereocenters. The van der Waals surface area contributed by atoms with Crippen molar-refractivity contribution in [3.8, 4) is 22.3 Å². The molecule has 17 rings (SSSR count). The molecule has 0 N–H and O–H groups in total. The lowest BCUT2D eigenvalue weighted by Gasteiger charge is -2.50. The van der Waals surface area contributed by atoms with Gasteiger partial charge in [0.1, 0.15) is 0 Å². The van der Waals surface area contributed by atoms with Gasteiger partial charge in [-0.1, -0.05) is 258 Å². The van der Waals surface area contributed by atoms with Crippen LogP contribution in [0.1, 0.15) is 49.9 Å². The summed E-state index contributed by atoms with van der Waals surface area (Å²) in [4.78, 5) is 7.60. The molecule has 0 saturated heterocycles. The van der Waals surface area contributed by atoms with Crippen LogP contribution in [-0.2, 0) is 10.8 Å². The third kappa shape index (κ3) is 7.68. The molecule has 3 nitrogen and oxygen atoms in total. The highest BCUT2D eigenvalue weighted by Crippen LogP contribution is 2.62. The molecule has 2 aliphatic heterocycles. The molecule has 87 heavy (non-hydrogen) atoms. The van der Waals surface area contributed by atoms with Crippen molar-refractivity contribution in [1.82, 2.24) is 0 Å². The summed E-state index contributed by atoms with van der Waals surface area (Å²) in [6.07, 6.45) is 0. The van der Waals surface area contributed by atoms with Crippen LogP contribution in [0.25, 0.3) is 86.9 Å². The Morgan fingerprint density at radius 3 is 1.01 bits per heavy atom. The fourth-order valence-electron chi connectivity index (χ4n) is 15.1. The number of rotatable bonds is 8. The zero-order chi connectivity index (χ0) is 58.1. The predicted octanol–water partition coefficient (Wildman–Crippen LogP) is 23.6. The molecule has 412 valence electrons. The van der Waals surface area contributed by atoms with Crippen LogP contribution < -0.4 is 14.7 Å². The molecule has 0 saturated carbocycles. The summed E-state index contributed by atoms with van der Waals surface area (Å²) in [5.74, 6) is 0. The van der Waals surface area contributed by atoms with Crippen LogP contribution in [0.15, 0.2) is 297 Å². The number of fused-ring (bicyclic) bond motifs is 10. The second-order valence-electron chi connectivity index (χ2n) is 24.8. The summed E-state index contributed by atoms with van der Waals surface area (Å²) in [5, 5.41) is 14.5. The molecular formula is C84H61N3. The first-order chi connectivity index (χ1) is 42.7. The van der Waals surface area contributed by atoms with Gasteiger partial charge < -0.3 is 14.7 Å². The Morgan fingerprint density at radius 2 is 0.563 bits per heavy atom. The van der Waals surface area contributed by atoms with E-state index in [0.29, 0.717) is 0 Å². The zero-order valence-electron chi connectivity index (χ0n) is 49.1. The SMILES string of the molecule is CC1(C)c2ccccc2N2c3ccc(-c4ccc(N(c5cccc6ccccc56)c5cccc6ccccc56)c5ccccc45)cc3C(C)(C)c3cc(-c4ccc(N(c5cccc6ccccc56)c5cccc6ccccc56)c5ccccc45)cc1c32. The van der Waals surface area contributed by atoms with E-state index in [0.717, 1.165) is 34.1 Å². The minimum atomic E-state index is -0.408. The van der Waals surface area contributed by atoms with Gasteiger partial charge in [0.15, 0.2) is 0 Å². The van der Waals surface area contributed by atoms with E-state index < -0.39 is 5.41 Å². The van der Waals surface area contributed by atoms with Gasteiger partial charge in [-0.25, -0.2) is 0 Å². The first kappa shape index (κ1) is 50.7. The molecule has 15 aromatic carbocycles. The van der Waals surface area contributed by atoms with Gasteiger partial charge >= 0.3 is 0 Å². The molecule has 0 fully saturated rings. The molecule has 2 aliphatic rings. The van der Waals surface area contributed by atoms with Crippen molar-refractivity contribution >= 4 is 116 Å². The fourth-order valence-corrected chi connectivity index (χ4v) is 15.1. The quantitative estimate of drug-likeness (QED) is 0.150. The number of hydrogen-bond acceptors (Lipinski definition) is 3. The molecular weight excluding hydrogens is 1050 g/mol. The van der Waals surface area contributed by atoms with Crippen LogP contribution >= 0.6 is 0 Å². The highest BCUT2D eigenvalue weighted by Gasteiger charge is 2.46. The van der Waals surface area contributed by atoms with Crippen LogP contribution in [0.2, 0.25) is 0 Å². The molecule has 0 radical (unpaired) electrons. The van der Waals surface area contributed by atoms with Crippen LogP contribution in [0, 0.1) is 0 Å². The molecule has 0 spiro atoms. The van der Waals surface area contributed by atoms with E-state index in [9.17, 15) is 0 Å². The molecule has 0 aromatic heterocycles. The van der Waals surface area contributed by atoms with Crippen molar-refractivity contribution in [2.24, 2.45) is 0 Å². The van der Waals surface area contributed by atoms with Crippen molar-refractivity contribution < 1.29 is 0 Å². The van der Waals surface area contributed by atoms with Gasteiger partial charge in [0.25, 0.3) is 0 Å². The summed E-state index contributed by atoms with van der Waals surface area (Å²) < 4.78 is 0. The lowest BCUT2D eigenvalue weighted by Crippen LogP contribution is -2.38. The average Bonchev–Trinajstić information content (AvgIpc) is 0.735. The maximum atomic E-state index is 2.60. The van der Waals surface area contributed by atoms with Crippen molar-refractivity contribution in [2.75, 3.05) is 14.7 Å². The van der Waals surface area contributed by atoms with E-state index in [4.69, 9.17) is 0 Å². The highest BCUT2D eigenvalue weighted by atomic mass is 15.2. The van der Waals surface area contributed by atoms with E-state index >= 15 is 0 Å². The first-order valence-corrected chi connectivity index (χ1v) is 30.5. The summed E-state index contributed by atoms with van der Waals surface area (Å²) in [6, 6.07) is 111. The van der Waals surface area contributed by atoms with E-state index in [-0.39, 0.29) is 5.41 Å². The summed E-state index contributed by atoms with van der Waals surface area (Å²) >= 11 is 0. The topological polar surface area (TPSA) is 9.72 Å². The third-order valence-electron chi connectivity index (χ3n) is 19.3. The summed E-state index contributed by atoms with van der Waals surface area (Å²) in [6.45, 7) is 9.78. The summed E-state index contributed by atoms with van der Waals surface area (Å²) in [5.41, 5.74) is 20.0. The monoisotopic (exact) mass is 1110 g/mol. The van der Waals surface area contributed by atoms with Crippen molar-refractivity contribution in [2.45, 2.75) is 38.5 Å². The van der Waals surface area contributed by atoms with E-state index in [1.807, 2.05) is 0 Å². The Bertz CT molecular complexity index is 5160. The van der Waals surface area contributed by atoms with Crippen LogP contribution in [0.4, 0.5) is 51.2 Å². The first-order valence-electron chi connectivity index (χ1n) is 30.5. The van der Waals surface area contributed by atoms with Crippen LogP contribution in [0.3, 0.4) is 0 Å². The zero-order valence-corrected chi connectivity index (χ0v) is 49.1. The Labute approximate surface area is 507 Å². The number of anilines is 9. The number of benzene rings is 15. The lowest BCUT2D eigenvalue weighted by atomic mass is 9.65. The third-order valence-corrected chi connectivity index (χ3v) is 19.3. The molecule has 15 aromatic rings. The van der Waals surface area contributed by atoms with Gasteiger partial charge in [-0.2, -0.15) is 0 Å². The average molecular weight is 1110 g/mol. The van der Waals surface area contributed by atoms with Gasteiger partial charge in [-0.05, 0) is 144 Å². The van der Waals surface area contributed by atoms with Crippen molar-refractivity contribution in [3.05, 3.63) is 320 Å². The van der Waals surface area contributed by atoms with Gasteiger partial charge in [0, 0.05) is 43.1 Å². The van der Waals surface area contributed by atoms with Crippen molar-refractivity contribution in [3.63, 3.8) is 0 Å². The van der Waals surface area contributed by atoms with Gasteiger partial charge in [0.05, 0.1) is 51.2 Å². The number of nitrogens with zero attached hydrogens (tertiary/aromatic N) is 3. The molecule has 3 heteroatoms. The van der Waals surface area contributed by atoms with Crippen LogP contribution in [-0.4, -0.2) is 0 Å². The number of hydrogen-bond donors (Lipinski definition) is 0. The highest BCUT2D eigenvalue weighted by molar-refractivity contribution is 6.14. The Morgan fingerprint density at radius 1 is 0.241 bits per heavy atom. The Hall–Kier alpha value is -10.7. The lowest BCUT2D eigenvalue weighted by molar-refractivity contribution is 0.598. The smallest absolute Gasteiger partial charge is 0.0544 e. The van der Waals surface area contributed by atoms with Gasteiger partial charge in [-0.3, -0.25) is 0 Å². The largest absolute Gasteiger partial charge is 0.309 e. The Kier molecular flexibility index (Phi) is 11.3. The van der Waals surface area contributed by atoms with Crippen molar-refractivity contribution in [1.29, 1.82) is 0 Å².